The Balaban J connectivity index is 1.86. The van der Waals surface area contributed by atoms with Crippen molar-refractivity contribution in [3.63, 3.8) is 0 Å². The molecule has 7 N–H and O–H groups in total. The minimum atomic E-state index is -1.50. The third-order valence-electron chi connectivity index (χ3n) is 4.19. The van der Waals surface area contributed by atoms with E-state index < -0.39 is 35.2 Å². The summed E-state index contributed by atoms with van der Waals surface area (Å²) >= 11 is 0. The number of azo groups is 1. The second kappa shape index (κ2) is 8.41. The number of nitrogens with one attached hydrogen (secondary N) is 3. The monoisotopic (exact) mass is 423 g/mol. The van der Waals surface area contributed by atoms with Gasteiger partial charge in [-0.3, -0.25) is 19.2 Å². The molecule has 3 amide bonds. The molecular weight excluding hydrogens is 406 g/mol. The molecule has 158 valence electrons. The van der Waals surface area contributed by atoms with Crippen molar-refractivity contribution in [3.8, 4) is 0 Å². The van der Waals surface area contributed by atoms with Crippen molar-refractivity contribution in [2.24, 2.45) is 21.7 Å². The summed E-state index contributed by atoms with van der Waals surface area (Å²) < 4.78 is 0. The lowest BCUT2D eigenvalue weighted by Gasteiger charge is -2.09. The van der Waals surface area contributed by atoms with Gasteiger partial charge in [0.2, 0.25) is 17.9 Å². The highest BCUT2D eigenvalue weighted by atomic mass is 16.2. The van der Waals surface area contributed by atoms with Gasteiger partial charge in [0.25, 0.3) is 5.91 Å². The number of nitrogens with two attached hydrogens (primary N) is 2. The van der Waals surface area contributed by atoms with E-state index in [1.54, 1.807) is 6.07 Å². The fourth-order valence-electron chi connectivity index (χ4n) is 2.72. The quantitative estimate of drug-likeness (QED) is 0.274. The average Bonchev–Trinajstić information content (AvgIpc) is 3.06. The number of aromatic amines is 2. The molecule has 0 aliphatic carbocycles. The number of primary amides is 2. The Hall–Kier alpha value is -4.61. The third kappa shape index (κ3) is 4.87. The zero-order valence-corrected chi connectivity index (χ0v) is 16.1. The highest BCUT2D eigenvalue weighted by molar-refractivity contribution is 6.10. The fourth-order valence-corrected chi connectivity index (χ4v) is 2.72. The van der Waals surface area contributed by atoms with Crippen LogP contribution >= 0.6 is 0 Å². The highest BCUT2D eigenvalue weighted by Gasteiger charge is 2.23. The predicted molar refractivity (Wildman–Crippen MR) is 110 cm³/mol. The summed E-state index contributed by atoms with van der Waals surface area (Å²) in [5.41, 5.74) is 11.3. The first-order valence-electron chi connectivity index (χ1n) is 8.83. The van der Waals surface area contributed by atoms with Crippen molar-refractivity contribution in [3.05, 3.63) is 58.0 Å². The molecule has 31 heavy (non-hydrogen) atoms. The summed E-state index contributed by atoms with van der Waals surface area (Å²) in [6.45, 7) is 1.16. The predicted octanol–water partition coefficient (Wildman–Crippen LogP) is 0.734. The first-order chi connectivity index (χ1) is 14.6. The van der Waals surface area contributed by atoms with Crippen molar-refractivity contribution in [2.45, 2.75) is 13.0 Å². The number of H-pyrrole nitrogens is 2. The van der Waals surface area contributed by atoms with Crippen LogP contribution in [0.1, 0.15) is 27.6 Å². The van der Waals surface area contributed by atoms with Crippen molar-refractivity contribution in [2.75, 3.05) is 5.32 Å². The van der Waals surface area contributed by atoms with Gasteiger partial charge in [-0.2, -0.15) is 10.2 Å². The summed E-state index contributed by atoms with van der Waals surface area (Å²) in [4.78, 5) is 63.8. The number of fused-ring (bicyclic) bond motifs is 1. The maximum Gasteiger partial charge on any atom is 0.323 e. The zero-order valence-electron chi connectivity index (χ0n) is 16.1. The third-order valence-corrected chi connectivity index (χ3v) is 4.19. The van der Waals surface area contributed by atoms with Crippen LogP contribution in [0, 0.1) is 0 Å². The summed E-state index contributed by atoms with van der Waals surface area (Å²) in [6.07, 6.45) is 0. The summed E-state index contributed by atoms with van der Waals surface area (Å²) in [7, 11) is 0. The lowest BCUT2D eigenvalue weighted by atomic mass is 10.1. The van der Waals surface area contributed by atoms with Crippen molar-refractivity contribution in [1.82, 2.24) is 9.97 Å². The van der Waals surface area contributed by atoms with E-state index in [-0.39, 0.29) is 16.8 Å². The van der Waals surface area contributed by atoms with E-state index in [4.69, 9.17) is 11.5 Å². The Kier molecular flexibility index (Phi) is 5.72. The Morgan fingerprint density at radius 2 is 1.55 bits per heavy atom. The second-order valence-corrected chi connectivity index (χ2v) is 6.55. The molecule has 0 saturated carbocycles. The Morgan fingerprint density at radius 3 is 2.13 bits per heavy atom. The molecule has 0 aliphatic heterocycles. The van der Waals surface area contributed by atoms with Gasteiger partial charge in [-0.05, 0) is 43.3 Å². The molecule has 1 unspecified atom stereocenters. The SMILES string of the molecule is CC(=O)C(N=Nc1cc(C(N)=O)cc(C(N)=O)c1)C(=O)Nc1ccc2[nH]c(=O)[nH]c2c1. The van der Waals surface area contributed by atoms with E-state index in [0.717, 1.165) is 6.92 Å². The van der Waals surface area contributed by atoms with Gasteiger partial charge in [0.15, 0.2) is 5.78 Å². The molecule has 0 spiro atoms. The van der Waals surface area contributed by atoms with Gasteiger partial charge in [0, 0.05) is 16.8 Å². The zero-order chi connectivity index (χ0) is 22.7. The average molecular weight is 423 g/mol. The molecule has 0 radical (unpaired) electrons. The number of aromatic nitrogens is 2. The molecule has 3 aromatic rings. The normalized spacial score (nSPS) is 12.0. The molecule has 0 saturated heterocycles. The van der Waals surface area contributed by atoms with E-state index in [1.165, 1.54) is 30.3 Å². The van der Waals surface area contributed by atoms with Crippen LogP contribution in [0.5, 0.6) is 0 Å². The molecule has 2 aromatic carbocycles. The molecule has 12 heteroatoms. The van der Waals surface area contributed by atoms with Crippen LogP contribution in [0.15, 0.2) is 51.4 Å². The van der Waals surface area contributed by atoms with E-state index >= 15 is 0 Å². The number of Topliss-reactive ketones (excluding diaryl/α,β-unsaturated/α-hetero) is 1. The number of ketones is 1. The minimum absolute atomic E-state index is 0.00969. The number of rotatable bonds is 7. The van der Waals surface area contributed by atoms with Crippen LogP contribution in [0.2, 0.25) is 0 Å². The molecule has 12 nitrogen and oxygen atoms in total. The minimum Gasteiger partial charge on any atom is -0.366 e. The van der Waals surface area contributed by atoms with Crippen LogP contribution < -0.4 is 22.5 Å². The molecule has 0 bridgehead atoms. The van der Waals surface area contributed by atoms with Gasteiger partial charge < -0.3 is 26.8 Å². The lowest BCUT2D eigenvalue weighted by molar-refractivity contribution is -0.126. The largest absolute Gasteiger partial charge is 0.366 e. The van der Waals surface area contributed by atoms with Crippen LogP contribution in [0.3, 0.4) is 0 Å². The van der Waals surface area contributed by atoms with Gasteiger partial charge >= 0.3 is 5.69 Å². The Bertz CT molecular complexity index is 1270. The van der Waals surface area contributed by atoms with E-state index in [1.807, 2.05) is 0 Å². The maximum atomic E-state index is 12.6. The van der Waals surface area contributed by atoms with Crippen LogP contribution in [0.25, 0.3) is 11.0 Å². The molecule has 3 rings (SSSR count). The standard InChI is InChI=1S/C19H17N7O5/c1-8(27)15(18(30)22-11-2-3-13-14(7-11)24-19(31)23-13)26-25-12-5-9(16(20)28)4-10(6-12)17(21)29/h2-7,15H,1H3,(H2,20,28)(H2,21,29)(H,22,30)(H2,23,24,31). The topological polar surface area (TPSA) is 206 Å². The van der Waals surface area contributed by atoms with Gasteiger partial charge in [0.05, 0.1) is 16.7 Å². The molecule has 1 heterocycles. The first kappa shape index (κ1) is 21.1. The van der Waals surface area contributed by atoms with Gasteiger partial charge in [-0.1, -0.05) is 0 Å². The van der Waals surface area contributed by atoms with E-state index in [2.05, 4.69) is 25.5 Å². The highest BCUT2D eigenvalue weighted by Crippen LogP contribution is 2.20. The van der Waals surface area contributed by atoms with Gasteiger partial charge in [-0.15, -0.1) is 0 Å². The number of amides is 3. The maximum absolute atomic E-state index is 12.6. The smallest absolute Gasteiger partial charge is 0.323 e. The number of nitrogens with zero attached hydrogens (tertiary/aromatic N) is 2. The van der Waals surface area contributed by atoms with Gasteiger partial charge in [-0.25, -0.2) is 4.79 Å². The number of hydrogen-bond acceptors (Lipinski definition) is 7. The van der Waals surface area contributed by atoms with Crippen molar-refractivity contribution in [1.29, 1.82) is 0 Å². The molecule has 0 aliphatic rings. The molecule has 0 fully saturated rings. The van der Waals surface area contributed by atoms with Crippen LogP contribution in [-0.2, 0) is 9.59 Å². The van der Waals surface area contributed by atoms with Crippen molar-refractivity contribution >= 4 is 45.9 Å². The summed E-state index contributed by atoms with van der Waals surface area (Å²) in [5.74, 6) is -3.01. The van der Waals surface area contributed by atoms with Crippen LogP contribution in [-0.4, -0.2) is 39.5 Å². The molecule has 1 atom stereocenters. The first-order valence-corrected chi connectivity index (χ1v) is 8.83. The van der Waals surface area contributed by atoms with Gasteiger partial charge in [0.1, 0.15) is 0 Å². The second-order valence-electron chi connectivity index (χ2n) is 6.55. The van der Waals surface area contributed by atoms with E-state index in [0.29, 0.717) is 16.7 Å². The summed E-state index contributed by atoms with van der Waals surface area (Å²) in [6, 6.07) is 6.79. The van der Waals surface area contributed by atoms with Crippen molar-refractivity contribution < 1.29 is 19.2 Å². The number of carbonyl (C=O) groups excluding carboxylic acids is 4. The number of carbonyl (C=O) groups is 4. The molecular formula is C19H17N7O5. The summed E-state index contributed by atoms with van der Waals surface area (Å²) in [5, 5.41) is 10.1. The Morgan fingerprint density at radius 1 is 0.935 bits per heavy atom. The van der Waals surface area contributed by atoms with Crippen LogP contribution in [0.4, 0.5) is 11.4 Å². The fraction of sp³-hybridized carbons (Fsp3) is 0.105. The number of anilines is 1. The Labute approximate surface area is 173 Å². The molecule has 1 aromatic heterocycles. The lowest BCUT2D eigenvalue weighted by Crippen LogP contribution is -2.31. The number of benzene rings is 2. The van der Waals surface area contributed by atoms with E-state index in [9.17, 15) is 24.0 Å². The number of imidazole rings is 1. The number of hydrogen-bond donors (Lipinski definition) is 5.